The lowest BCUT2D eigenvalue weighted by molar-refractivity contribution is 0.101. The van der Waals surface area contributed by atoms with Gasteiger partial charge in [-0.1, -0.05) is 12.1 Å². The van der Waals surface area contributed by atoms with E-state index in [1.807, 2.05) is 5.32 Å². The fourth-order valence-electron chi connectivity index (χ4n) is 1.53. The van der Waals surface area contributed by atoms with Crippen molar-refractivity contribution in [2.45, 2.75) is 0 Å². The molecule has 0 saturated heterocycles. The quantitative estimate of drug-likeness (QED) is 0.821. The molecule has 6 heteroatoms. The van der Waals surface area contributed by atoms with Gasteiger partial charge in [0, 0.05) is 0 Å². The molecular weight excluding hydrogens is 259 g/mol. The molecule has 0 fully saturated rings. The summed E-state index contributed by atoms with van der Waals surface area (Å²) in [4.78, 5) is 11.7. The Kier molecular flexibility index (Phi) is 3.41. The van der Waals surface area contributed by atoms with Crippen molar-refractivity contribution >= 4 is 11.6 Å². The van der Waals surface area contributed by atoms with Gasteiger partial charge in [-0.3, -0.25) is 4.79 Å². The third-order valence-electron chi connectivity index (χ3n) is 2.42. The number of phenols is 1. The van der Waals surface area contributed by atoms with E-state index in [4.69, 9.17) is 0 Å². The minimum Gasteiger partial charge on any atom is -0.506 e. The summed E-state index contributed by atoms with van der Waals surface area (Å²) < 4.78 is 40.1. The van der Waals surface area contributed by atoms with Gasteiger partial charge in [-0.05, 0) is 24.3 Å². The number of phenolic OH excluding ortho intramolecular Hbond substituents is 1. The van der Waals surface area contributed by atoms with E-state index < -0.39 is 40.4 Å². The minimum atomic E-state index is -1.18. The number of para-hydroxylation sites is 1. The van der Waals surface area contributed by atoms with Gasteiger partial charge in [-0.15, -0.1) is 0 Å². The van der Waals surface area contributed by atoms with Gasteiger partial charge in [0.2, 0.25) is 0 Å². The first-order valence-corrected chi connectivity index (χ1v) is 5.23. The van der Waals surface area contributed by atoms with Gasteiger partial charge in [-0.2, -0.15) is 0 Å². The molecule has 0 bridgehead atoms. The molecule has 2 aromatic rings. The summed E-state index contributed by atoms with van der Waals surface area (Å²) in [7, 11) is 0. The number of amides is 1. The van der Waals surface area contributed by atoms with Crippen molar-refractivity contribution in [2.75, 3.05) is 5.32 Å². The van der Waals surface area contributed by atoms with Crippen molar-refractivity contribution in [3.63, 3.8) is 0 Å². The fraction of sp³-hybridized carbons (Fsp3) is 0. The topological polar surface area (TPSA) is 49.3 Å². The Morgan fingerprint density at radius 1 is 0.947 bits per heavy atom. The number of carbonyl (C=O) groups excluding carboxylic acids is 1. The molecule has 0 unspecified atom stereocenters. The third-order valence-corrected chi connectivity index (χ3v) is 2.42. The van der Waals surface area contributed by atoms with Crippen LogP contribution < -0.4 is 5.32 Å². The highest BCUT2D eigenvalue weighted by molar-refractivity contribution is 6.05. The molecule has 3 nitrogen and oxygen atoms in total. The summed E-state index contributed by atoms with van der Waals surface area (Å²) in [5, 5.41) is 11.3. The van der Waals surface area contributed by atoms with Crippen LogP contribution in [0.3, 0.4) is 0 Å². The lowest BCUT2D eigenvalue weighted by Crippen LogP contribution is -2.16. The monoisotopic (exact) mass is 267 g/mol. The van der Waals surface area contributed by atoms with Crippen LogP contribution in [0.4, 0.5) is 18.9 Å². The first-order chi connectivity index (χ1) is 9.00. The standard InChI is InChI=1S/C13H8F3NO2/c14-7-3-1-4-8(15)11(7)13(19)17-12-9(16)5-2-6-10(12)18/h1-6,18H,(H,17,19). The Labute approximate surface area is 106 Å². The first kappa shape index (κ1) is 12.9. The largest absolute Gasteiger partial charge is 0.506 e. The van der Waals surface area contributed by atoms with Crippen molar-refractivity contribution in [3.05, 3.63) is 59.4 Å². The Morgan fingerprint density at radius 3 is 2.05 bits per heavy atom. The molecule has 0 spiro atoms. The highest BCUT2D eigenvalue weighted by Crippen LogP contribution is 2.26. The second kappa shape index (κ2) is 5.01. The maximum atomic E-state index is 13.4. The number of rotatable bonds is 2. The molecule has 0 aliphatic rings. The van der Waals surface area contributed by atoms with E-state index in [2.05, 4.69) is 0 Å². The van der Waals surface area contributed by atoms with Gasteiger partial charge < -0.3 is 10.4 Å². The predicted octanol–water partition coefficient (Wildman–Crippen LogP) is 3.06. The second-order valence-corrected chi connectivity index (χ2v) is 3.68. The molecule has 0 aliphatic heterocycles. The molecule has 0 atom stereocenters. The molecule has 0 radical (unpaired) electrons. The van der Waals surface area contributed by atoms with E-state index in [9.17, 15) is 23.1 Å². The molecular formula is C13H8F3NO2. The van der Waals surface area contributed by atoms with Crippen molar-refractivity contribution in [3.8, 4) is 5.75 Å². The molecule has 19 heavy (non-hydrogen) atoms. The predicted molar refractivity (Wildman–Crippen MR) is 62.4 cm³/mol. The van der Waals surface area contributed by atoms with E-state index in [1.165, 1.54) is 6.07 Å². The maximum absolute atomic E-state index is 13.4. The molecule has 1 amide bonds. The normalized spacial score (nSPS) is 10.3. The van der Waals surface area contributed by atoms with Crippen molar-refractivity contribution in [1.29, 1.82) is 0 Å². The van der Waals surface area contributed by atoms with Crippen molar-refractivity contribution in [1.82, 2.24) is 0 Å². The number of halogens is 3. The zero-order valence-electron chi connectivity index (χ0n) is 9.45. The van der Waals surface area contributed by atoms with Gasteiger partial charge in [-0.25, -0.2) is 13.2 Å². The number of hydrogen-bond donors (Lipinski definition) is 2. The van der Waals surface area contributed by atoms with E-state index in [0.717, 1.165) is 30.3 Å². The molecule has 2 aromatic carbocycles. The number of hydrogen-bond acceptors (Lipinski definition) is 2. The van der Waals surface area contributed by atoms with Crippen molar-refractivity contribution < 1.29 is 23.1 Å². The maximum Gasteiger partial charge on any atom is 0.261 e. The average Bonchev–Trinajstić information content (AvgIpc) is 2.34. The van der Waals surface area contributed by atoms with Crippen LogP contribution in [0.1, 0.15) is 10.4 Å². The number of anilines is 1. The van der Waals surface area contributed by atoms with Gasteiger partial charge >= 0.3 is 0 Å². The minimum absolute atomic E-state index is 0.532. The number of nitrogens with one attached hydrogen (secondary N) is 1. The van der Waals surface area contributed by atoms with Gasteiger partial charge in [0.05, 0.1) is 0 Å². The summed E-state index contributed by atoms with van der Waals surface area (Å²) in [6, 6.07) is 6.26. The summed E-state index contributed by atoms with van der Waals surface area (Å²) in [5.41, 5.74) is -1.37. The zero-order chi connectivity index (χ0) is 14.0. The Bertz CT molecular complexity index is 603. The third kappa shape index (κ3) is 2.52. The summed E-state index contributed by atoms with van der Waals surface area (Å²) >= 11 is 0. The fourth-order valence-corrected chi connectivity index (χ4v) is 1.53. The van der Waals surface area contributed by atoms with Gasteiger partial charge in [0.1, 0.15) is 28.6 Å². The van der Waals surface area contributed by atoms with Crippen LogP contribution in [-0.4, -0.2) is 11.0 Å². The number of benzene rings is 2. The average molecular weight is 267 g/mol. The molecule has 0 aliphatic carbocycles. The van der Waals surface area contributed by atoms with Gasteiger partial charge in [0.25, 0.3) is 5.91 Å². The lowest BCUT2D eigenvalue weighted by atomic mass is 10.1. The van der Waals surface area contributed by atoms with E-state index in [1.54, 1.807) is 0 Å². The van der Waals surface area contributed by atoms with E-state index >= 15 is 0 Å². The Balaban J connectivity index is 2.37. The highest BCUT2D eigenvalue weighted by atomic mass is 19.1. The SMILES string of the molecule is O=C(Nc1c(O)cccc1F)c1c(F)cccc1F. The molecule has 2 rings (SSSR count). The zero-order valence-corrected chi connectivity index (χ0v) is 9.45. The van der Waals surface area contributed by atoms with Crippen LogP contribution in [-0.2, 0) is 0 Å². The molecule has 98 valence electrons. The smallest absolute Gasteiger partial charge is 0.261 e. The van der Waals surface area contributed by atoms with Crippen LogP contribution in [0.15, 0.2) is 36.4 Å². The summed E-state index contributed by atoms with van der Waals surface area (Å²) in [6.07, 6.45) is 0. The van der Waals surface area contributed by atoms with E-state index in [0.29, 0.717) is 0 Å². The van der Waals surface area contributed by atoms with Crippen LogP contribution in [0.5, 0.6) is 5.75 Å². The number of aromatic hydroxyl groups is 1. The molecule has 0 saturated carbocycles. The Morgan fingerprint density at radius 2 is 1.47 bits per heavy atom. The summed E-state index contributed by atoms with van der Waals surface area (Å²) in [6.45, 7) is 0. The summed E-state index contributed by atoms with van der Waals surface area (Å²) in [5.74, 6) is -4.78. The van der Waals surface area contributed by atoms with E-state index in [-0.39, 0.29) is 0 Å². The first-order valence-electron chi connectivity index (χ1n) is 5.23. The molecule has 0 heterocycles. The van der Waals surface area contributed by atoms with Crippen LogP contribution >= 0.6 is 0 Å². The van der Waals surface area contributed by atoms with Gasteiger partial charge in [0.15, 0.2) is 5.82 Å². The van der Waals surface area contributed by atoms with Crippen molar-refractivity contribution in [2.24, 2.45) is 0 Å². The van der Waals surface area contributed by atoms with Crippen LogP contribution in [0, 0.1) is 17.5 Å². The lowest BCUT2D eigenvalue weighted by Gasteiger charge is -2.09. The highest BCUT2D eigenvalue weighted by Gasteiger charge is 2.19. The van der Waals surface area contributed by atoms with Crippen LogP contribution in [0.25, 0.3) is 0 Å². The molecule has 2 N–H and O–H groups in total. The number of carbonyl (C=O) groups is 1. The molecule has 0 aromatic heterocycles. The Hall–Kier alpha value is -2.50. The van der Waals surface area contributed by atoms with Crippen LogP contribution in [0.2, 0.25) is 0 Å². The second-order valence-electron chi connectivity index (χ2n) is 3.68.